The average Bonchev–Trinajstić information content (AvgIpc) is 3.01. The molecule has 0 spiro atoms. The molecule has 2 aromatic heterocycles. The largest absolute Gasteiger partial charge is 0.490 e. The molecule has 1 N–H and O–H groups in total. The van der Waals surface area contributed by atoms with Crippen molar-refractivity contribution in [2.75, 3.05) is 20.2 Å². The van der Waals surface area contributed by atoms with Gasteiger partial charge in [0.2, 0.25) is 5.88 Å². The number of fused-ring (bicyclic) bond motifs is 1. The predicted octanol–water partition coefficient (Wildman–Crippen LogP) is 2.18. The van der Waals surface area contributed by atoms with Crippen molar-refractivity contribution in [1.82, 2.24) is 19.9 Å². The van der Waals surface area contributed by atoms with Crippen LogP contribution in [0.3, 0.4) is 0 Å². The maximum absolute atomic E-state index is 10.6. The van der Waals surface area contributed by atoms with Crippen molar-refractivity contribution in [2.45, 2.75) is 25.6 Å². The van der Waals surface area contributed by atoms with Crippen molar-refractivity contribution >= 4 is 17.3 Å². The van der Waals surface area contributed by atoms with E-state index in [1.54, 1.807) is 24.8 Å². The second kappa shape index (κ2) is 8.90. The van der Waals surface area contributed by atoms with Gasteiger partial charge in [-0.2, -0.15) is 13.2 Å². The summed E-state index contributed by atoms with van der Waals surface area (Å²) in [6.07, 6.45) is 0.250. The number of aromatic nitrogens is 3. The first-order valence-corrected chi connectivity index (χ1v) is 8.46. The Morgan fingerprint density at radius 1 is 1.31 bits per heavy atom. The fraction of sp³-hybridized carbons (Fsp3) is 0.467. The van der Waals surface area contributed by atoms with Crippen LogP contribution in [0.25, 0.3) is 0 Å². The zero-order chi connectivity index (χ0) is 19.2. The van der Waals surface area contributed by atoms with Crippen LogP contribution in [0, 0.1) is 0 Å². The number of alkyl halides is 3. The van der Waals surface area contributed by atoms with Crippen LogP contribution in [0.5, 0.6) is 5.88 Å². The Balaban J connectivity index is 0.000000298. The molecule has 0 radical (unpaired) electrons. The normalized spacial score (nSPS) is 14.6. The van der Waals surface area contributed by atoms with Crippen molar-refractivity contribution in [3.63, 3.8) is 0 Å². The van der Waals surface area contributed by atoms with Gasteiger partial charge in [-0.05, 0) is 6.42 Å². The van der Waals surface area contributed by atoms with E-state index in [-0.39, 0.29) is 0 Å². The first-order valence-electron chi connectivity index (χ1n) is 7.58. The third-order valence-electron chi connectivity index (χ3n) is 3.62. The molecule has 26 heavy (non-hydrogen) atoms. The standard InChI is InChI=1S/C13H16N4OS.C2HF3O2/c1-18-13-10-2-5-17(8-12-14-4-7-19-12)6-3-11(10)15-9-16-13;3-2(4,5)1(6)7/h4,7,9H,2-3,5-6,8H2,1H3;(H,6,7). The molecule has 0 unspecified atom stereocenters. The highest BCUT2D eigenvalue weighted by molar-refractivity contribution is 7.09. The third-order valence-corrected chi connectivity index (χ3v) is 4.38. The number of carboxylic acids is 1. The molecule has 1 aliphatic rings. The second-order valence-corrected chi connectivity index (χ2v) is 6.29. The summed E-state index contributed by atoms with van der Waals surface area (Å²) >= 11 is 1.71. The van der Waals surface area contributed by atoms with Gasteiger partial charge in [0.25, 0.3) is 0 Å². The molecule has 3 rings (SSSR count). The second-order valence-electron chi connectivity index (χ2n) is 5.31. The molecule has 1 aliphatic heterocycles. The molecule has 7 nitrogen and oxygen atoms in total. The van der Waals surface area contributed by atoms with Gasteiger partial charge in [-0.1, -0.05) is 0 Å². The number of rotatable bonds is 3. The minimum Gasteiger partial charge on any atom is -0.481 e. The van der Waals surface area contributed by atoms with Gasteiger partial charge in [0.05, 0.1) is 19.3 Å². The van der Waals surface area contributed by atoms with E-state index in [2.05, 4.69) is 19.9 Å². The molecule has 0 aromatic carbocycles. The van der Waals surface area contributed by atoms with Gasteiger partial charge in [-0.15, -0.1) is 11.3 Å². The summed E-state index contributed by atoms with van der Waals surface area (Å²) in [7, 11) is 1.67. The molecular formula is C15H17F3N4O3S. The topological polar surface area (TPSA) is 88.4 Å². The minimum atomic E-state index is -5.08. The summed E-state index contributed by atoms with van der Waals surface area (Å²) in [5.41, 5.74) is 2.28. The van der Waals surface area contributed by atoms with Crippen molar-refractivity contribution in [3.05, 3.63) is 34.2 Å². The lowest BCUT2D eigenvalue weighted by atomic mass is 10.1. The smallest absolute Gasteiger partial charge is 0.481 e. The van der Waals surface area contributed by atoms with Crippen molar-refractivity contribution in [3.8, 4) is 5.88 Å². The van der Waals surface area contributed by atoms with Gasteiger partial charge in [0, 0.05) is 36.7 Å². The predicted molar refractivity (Wildman–Crippen MR) is 87.1 cm³/mol. The van der Waals surface area contributed by atoms with Crippen LogP contribution >= 0.6 is 11.3 Å². The van der Waals surface area contributed by atoms with Gasteiger partial charge in [0.15, 0.2) is 0 Å². The van der Waals surface area contributed by atoms with Crippen LogP contribution in [0.15, 0.2) is 17.9 Å². The van der Waals surface area contributed by atoms with Crippen LogP contribution in [0.2, 0.25) is 0 Å². The Morgan fingerprint density at radius 3 is 2.58 bits per heavy atom. The number of hydrogen-bond donors (Lipinski definition) is 1. The Bertz CT molecular complexity index is 725. The van der Waals surface area contributed by atoms with Crippen LogP contribution in [-0.4, -0.2) is 57.3 Å². The van der Waals surface area contributed by atoms with E-state index in [9.17, 15) is 13.2 Å². The van der Waals surface area contributed by atoms with E-state index in [0.717, 1.165) is 49.6 Å². The summed E-state index contributed by atoms with van der Waals surface area (Å²) in [4.78, 5) is 24.2. The van der Waals surface area contributed by atoms with Gasteiger partial charge >= 0.3 is 12.1 Å². The van der Waals surface area contributed by atoms with Crippen molar-refractivity contribution < 1.29 is 27.8 Å². The molecule has 0 aliphatic carbocycles. The molecule has 2 aromatic rings. The van der Waals surface area contributed by atoms with E-state index >= 15 is 0 Å². The lowest BCUT2D eigenvalue weighted by molar-refractivity contribution is -0.192. The monoisotopic (exact) mass is 390 g/mol. The fourth-order valence-electron chi connectivity index (χ4n) is 2.40. The lowest BCUT2D eigenvalue weighted by Crippen LogP contribution is -2.25. The quantitative estimate of drug-likeness (QED) is 0.859. The minimum absolute atomic E-state index is 0.723. The van der Waals surface area contributed by atoms with Gasteiger partial charge in [-0.25, -0.2) is 19.7 Å². The first-order chi connectivity index (χ1) is 12.3. The van der Waals surface area contributed by atoms with E-state index in [0.29, 0.717) is 0 Å². The van der Waals surface area contributed by atoms with Crippen LogP contribution in [0.4, 0.5) is 13.2 Å². The third kappa shape index (κ3) is 5.63. The average molecular weight is 390 g/mol. The molecule has 0 saturated heterocycles. The molecular weight excluding hydrogens is 373 g/mol. The molecule has 11 heteroatoms. The van der Waals surface area contributed by atoms with Gasteiger partial charge < -0.3 is 9.84 Å². The molecule has 0 atom stereocenters. The molecule has 0 fully saturated rings. The zero-order valence-electron chi connectivity index (χ0n) is 13.9. The maximum Gasteiger partial charge on any atom is 0.490 e. The molecule has 3 heterocycles. The number of aliphatic carboxylic acids is 1. The summed E-state index contributed by atoms with van der Waals surface area (Å²) in [6, 6.07) is 0. The van der Waals surface area contributed by atoms with E-state index in [4.69, 9.17) is 14.6 Å². The summed E-state index contributed by atoms with van der Waals surface area (Å²) in [5.74, 6) is -2.03. The molecule has 0 bridgehead atoms. The number of carbonyl (C=O) groups is 1. The number of thiazole rings is 1. The van der Waals surface area contributed by atoms with E-state index in [1.165, 1.54) is 5.01 Å². The van der Waals surface area contributed by atoms with E-state index in [1.807, 2.05) is 11.6 Å². The maximum atomic E-state index is 10.6. The number of carboxylic acid groups (broad SMARTS) is 1. The van der Waals surface area contributed by atoms with Crippen LogP contribution < -0.4 is 4.74 Å². The SMILES string of the molecule is COc1ncnc2c1CCN(Cc1nccs1)CC2.O=C(O)C(F)(F)F. The van der Waals surface area contributed by atoms with Crippen LogP contribution in [-0.2, 0) is 24.2 Å². The number of hydrogen-bond acceptors (Lipinski definition) is 7. The lowest BCUT2D eigenvalue weighted by Gasteiger charge is -2.17. The number of halogens is 3. The zero-order valence-corrected chi connectivity index (χ0v) is 14.7. The van der Waals surface area contributed by atoms with Crippen LogP contribution in [0.1, 0.15) is 16.3 Å². The number of nitrogens with zero attached hydrogens (tertiary/aromatic N) is 4. The number of methoxy groups -OCH3 is 1. The highest BCUT2D eigenvalue weighted by atomic mass is 32.1. The first kappa shape index (κ1) is 20.0. The molecule has 142 valence electrons. The summed E-state index contributed by atoms with van der Waals surface area (Å²) < 4.78 is 37.1. The summed E-state index contributed by atoms with van der Waals surface area (Å²) in [6.45, 7) is 2.92. The summed E-state index contributed by atoms with van der Waals surface area (Å²) in [5, 5.41) is 10.3. The highest BCUT2D eigenvalue weighted by Gasteiger charge is 2.38. The number of ether oxygens (including phenoxy) is 1. The van der Waals surface area contributed by atoms with Gasteiger partial charge in [-0.3, -0.25) is 4.90 Å². The van der Waals surface area contributed by atoms with Gasteiger partial charge in [0.1, 0.15) is 11.3 Å². The van der Waals surface area contributed by atoms with Crippen molar-refractivity contribution in [2.24, 2.45) is 0 Å². The van der Waals surface area contributed by atoms with Crippen molar-refractivity contribution in [1.29, 1.82) is 0 Å². The molecule has 0 saturated carbocycles. The Kier molecular flexibility index (Phi) is 6.86. The molecule has 0 amide bonds. The van der Waals surface area contributed by atoms with E-state index < -0.39 is 12.1 Å². The Hall–Kier alpha value is -2.27. The fourth-order valence-corrected chi connectivity index (χ4v) is 3.06. The Labute approximate surface area is 151 Å². The Morgan fingerprint density at radius 2 is 2.00 bits per heavy atom. The highest BCUT2D eigenvalue weighted by Crippen LogP contribution is 2.22.